The van der Waals surface area contributed by atoms with Crippen molar-refractivity contribution in [3.63, 3.8) is 0 Å². The summed E-state index contributed by atoms with van der Waals surface area (Å²) in [5, 5.41) is 4.23. The number of nitrogens with zero attached hydrogens (tertiary/aromatic N) is 2. The van der Waals surface area contributed by atoms with Crippen LogP contribution in [0.1, 0.15) is 23.0 Å². The highest BCUT2D eigenvalue weighted by molar-refractivity contribution is 6.01. The van der Waals surface area contributed by atoms with Crippen molar-refractivity contribution in [2.24, 2.45) is 4.99 Å². The van der Waals surface area contributed by atoms with Gasteiger partial charge in [0.2, 0.25) is 5.90 Å². The molecule has 3 aromatic rings. The van der Waals surface area contributed by atoms with Crippen LogP contribution in [0.3, 0.4) is 0 Å². The molecule has 26 heavy (non-hydrogen) atoms. The summed E-state index contributed by atoms with van der Waals surface area (Å²) >= 11 is 0. The average Bonchev–Trinajstić information content (AvgIpc) is 3.27. The molecule has 1 aromatic heterocycles. The van der Waals surface area contributed by atoms with Crippen LogP contribution >= 0.6 is 0 Å². The summed E-state index contributed by atoms with van der Waals surface area (Å²) in [6.45, 7) is 2.36. The van der Waals surface area contributed by atoms with E-state index in [2.05, 4.69) is 5.16 Å². The third-order valence-corrected chi connectivity index (χ3v) is 4.46. The van der Waals surface area contributed by atoms with E-state index in [0.29, 0.717) is 18.3 Å². The SMILES string of the molecule is COCC1N=C(c2c(-c3ccccc3)noc2C)OC1c1ccccc1. The lowest BCUT2D eigenvalue weighted by atomic mass is 10.0. The molecule has 0 amide bonds. The van der Waals surface area contributed by atoms with Gasteiger partial charge < -0.3 is 14.0 Å². The van der Waals surface area contributed by atoms with Crippen LogP contribution in [0.25, 0.3) is 11.3 Å². The fourth-order valence-corrected chi connectivity index (χ4v) is 3.22. The van der Waals surface area contributed by atoms with Crippen molar-refractivity contribution in [2.75, 3.05) is 13.7 Å². The highest BCUT2D eigenvalue weighted by Gasteiger charge is 2.35. The number of rotatable bonds is 5. The lowest BCUT2D eigenvalue weighted by molar-refractivity contribution is 0.120. The molecule has 0 radical (unpaired) electrons. The second kappa shape index (κ2) is 7.14. The van der Waals surface area contributed by atoms with E-state index in [1.165, 1.54) is 0 Å². The van der Waals surface area contributed by atoms with E-state index in [9.17, 15) is 0 Å². The van der Waals surface area contributed by atoms with Crippen molar-refractivity contribution in [2.45, 2.75) is 19.1 Å². The summed E-state index contributed by atoms with van der Waals surface area (Å²) in [6, 6.07) is 19.9. The Morgan fingerprint density at radius 3 is 2.38 bits per heavy atom. The summed E-state index contributed by atoms with van der Waals surface area (Å²) in [5.41, 5.74) is 3.59. The maximum absolute atomic E-state index is 6.27. The molecule has 4 rings (SSSR count). The molecular formula is C21H20N2O3. The van der Waals surface area contributed by atoms with Gasteiger partial charge >= 0.3 is 0 Å². The monoisotopic (exact) mass is 348 g/mol. The molecule has 0 N–H and O–H groups in total. The van der Waals surface area contributed by atoms with Crippen molar-refractivity contribution in [1.29, 1.82) is 0 Å². The molecule has 5 nitrogen and oxygen atoms in total. The Hall–Kier alpha value is -2.92. The molecule has 0 aliphatic carbocycles. The molecule has 1 aliphatic heterocycles. The Balaban J connectivity index is 1.73. The summed E-state index contributed by atoms with van der Waals surface area (Å²) in [4.78, 5) is 4.79. The molecule has 0 saturated carbocycles. The highest BCUT2D eigenvalue weighted by Crippen LogP contribution is 2.35. The van der Waals surface area contributed by atoms with Crippen molar-refractivity contribution in [3.8, 4) is 11.3 Å². The van der Waals surface area contributed by atoms with Crippen LogP contribution in [0.4, 0.5) is 0 Å². The molecule has 2 atom stereocenters. The number of methoxy groups -OCH3 is 1. The number of ether oxygens (including phenoxy) is 2. The first kappa shape index (κ1) is 16.5. The van der Waals surface area contributed by atoms with Gasteiger partial charge in [-0.25, -0.2) is 4.99 Å². The molecule has 0 spiro atoms. The lowest BCUT2D eigenvalue weighted by Crippen LogP contribution is -2.19. The van der Waals surface area contributed by atoms with Crippen molar-refractivity contribution in [3.05, 3.63) is 77.6 Å². The number of benzene rings is 2. The Kier molecular flexibility index (Phi) is 4.54. The Bertz CT molecular complexity index is 904. The van der Waals surface area contributed by atoms with Gasteiger partial charge in [-0.15, -0.1) is 0 Å². The minimum Gasteiger partial charge on any atom is -0.467 e. The fraction of sp³-hybridized carbons (Fsp3) is 0.238. The average molecular weight is 348 g/mol. The molecule has 2 aromatic carbocycles. The molecule has 2 unspecified atom stereocenters. The van der Waals surface area contributed by atoms with Gasteiger partial charge in [0.05, 0.1) is 6.61 Å². The Labute approximate surface area is 152 Å². The topological polar surface area (TPSA) is 56.9 Å². The molecule has 5 heteroatoms. The third-order valence-electron chi connectivity index (χ3n) is 4.46. The quantitative estimate of drug-likeness (QED) is 0.694. The molecule has 2 heterocycles. The standard InChI is InChI=1S/C21H20N2O3/c1-14-18(19(23-26-14)15-9-5-3-6-10-15)21-22-17(13-24-2)20(25-21)16-11-7-4-8-12-16/h3-12,17,20H,13H2,1-2H3. The zero-order chi connectivity index (χ0) is 17.9. The summed E-state index contributed by atoms with van der Waals surface area (Å²) < 4.78 is 17.1. The molecule has 132 valence electrons. The van der Waals surface area contributed by atoms with E-state index >= 15 is 0 Å². The van der Waals surface area contributed by atoms with Crippen molar-refractivity contribution in [1.82, 2.24) is 5.16 Å². The zero-order valence-corrected chi connectivity index (χ0v) is 14.8. The van der Waals surface area contributed by atoms with Gasteiger partial charge in [-0.05, 0) is 12.5 Å². The van der Waals surface area contributed by atoms with Crippen LogP contribution in [0.2, 0.25) is 0 Å². The van der Waals surface area contributed by atoms with Crippen LogP contribution < -0.4 is 0 Å². The van der Waals surface area contributed by atoms with E-state index in [1.807, 2.05) is 67.6 Å². The number of aliphatic imine (C=N–C) groups is 1. The van der Waals surface area contributed by atoms with E-state index < -0.39 is 0 Å². The van der Waals surface area contributed by atoms with Crippen LogP contribution in [0, 0.1) is 6.92 Å². The second-order valence-corrected chi connectivity index (χ2v) is 6.23. The predicted molar refractivity (Wildman–Crippen MR) is 99.1 cm³/mol. The van der Waals surface area contributed by atoms with Crippen LogP contribution in [-0.4, -0.2) is 30.8 Å². The van der Waals surface area contributed by atoms with E-state index in [-0.39, 0.29) is 12.1 Å². The van der Waals surface area contributed by atoms with Crippen LogP contribution in [-0.2, 0) is 9.47 Å². The number of aryl methyl sites for hydroxylation is 1. The highest BCUT2D eigenvalue weighted by atomic mass is 16.5. The maximum Gasteiger partial charge on any atom is 0.223 e. The number of aromatic nitrogens is 1. The summed E-state index contributed by atoms with van der Waals surface area (Å²) in [7, 11) is 1.68. The van der Waals surface area contributed by atoms with Crippen molar-refractivity contribution >= 4 is 5.90 Å². The molecule has 0 fully saturated rings. The van der Waals surface area contributed by atoms with Gasteiger partial charge in [0.25, 0.3) is 0 Å². The summed E-state index contributed by atoms with van der Waals surface area (Å²) in [5.74, 6) is 1.24. The largest absolute Gasteiger partial charge is 0.467 e. The minimum atomic E-state index is -0.191. The van der Waals surface area contributed by atoms with Gasteiger partial charge in [-0.2, -0.15) is 0 Å². The van der Waals surface area contributed by atoms with E-state index in [1.54, 1.807) is 7.11 Å². The second-order valence-electron chi connectivity index (χ2n) is 6.23. The molecule has 0 bridgehead atoms. The predicted octanol–water partition coefficient (Wildman–Crippen LogP) is 4.18. The van der Waals surface area contributed by atoms with Gasteiger partial charge in [-0.3, -0.25) is 0 Å². The first-order valence-electron chi connectivity index (χ1n) is 8.58. The van der Waals surface area contributed by atoms with Crippen LogP contribution in [0.15, 0.2) is 70.2 Å². The number of hydrogen-bond acceptors (Lipinski definition) is 5. The normalized spacial score (nSPS) is 19.2. The Morgan fingerprint density at radius 1 is 1.00 bits per heavy atom. The first-order chi connectivity index (χ1) is 12.8. The van der Waals surface area contributed by atoms with Crippen LogP contribution in [0.5, 0.6) is 0 Å². The first-order valence-corrected chi connectivity index (χ1v) is 8.58. The third kappa shape index (κ3) is 3.02. The summed E-state index contributed by atoms with van der Waals surface area (Å²) in [6.07, 6.45) is -0.191. The van der Waals surface area contributed by atoms with Gasteiger partial charge in [0.15, 0.2) is 6.10 Å². The maximum atomic E-state index is 6.27. The van der Waals surface area contributed by atoms with Crippen molar-refractivity contribution < 1.29 is 14.0 Å². The number of hydrogen-bond donors (Lipinski definition) is 0. The van der Waals surface area contributed by atoms with Gasteiger partial charge in [-0.1, -0.05) is 65.8 Å². The smallest absolute Gasteiger partial charge is 0.223 e. The van der Waals surface area contributed by atoms with Gasteiger partial charge in [0, 0.05) is 12.7 Å². The molecule has 0 saturated heterocycles. The lowest BCUT2D eigenvalue weighted by Gasteiger charge is -2.17. The van der Waals surface area contributed by atoms with Gasteiger partial charge in [0.1, 0.15) is 23.1 Å². The molecular weight excluding hydrogens is 328 g/mol. The zero-order valence-electron chi connectivity index (χ0n) is 14.8. The molecule has 1 aliphatic rings. The van der Waals surface area contributed by atoms with E-state index in [4.69, 9.17) is 19.0 Å². The van der Waals surface area contributed by atoms with E-state index in [0.717, 1.165) is 22.4 Å². The minimum absolute atomic E-state index is 0.115. The Morgan fingerprint density at radius 2 is 1.69 bits per heavy atom. The fourth-order valence-electron chi connectivity index (χ4n) is 3.22.